The molecule has 0 saturated carbocycles. The smallest absolute Gasteiger partial charge is 0.330 e. The fourth-order valence-electron chi connectivity index (χ4n) is 3.93. The predicted molar refractivity (Wildman–Crippen MR) is 116 cm³/mol. The number of hydrogen-bond acceptors (Lipinski definition) is 6. The van der Waals surface area contributed by atoms with Crippen molar-refractivity contribution >= 4 is 5.97 Å². The van der Waals surface area contributed by atoms with E-state index < -0.39 is 36.5 Å². The third kappa shape index (κ3) is 9.73. The zero-order valence-corrected chi connectivity index (χ0v) is 18.3. The highest BCUT2D eigenvalue weighted by atomic mass is 16.6. The number of carbonyl (C=O) groups is 1. The largest absolute Gasteiger partial charge is 0.460 e. The highest BCUT2D eigenvalue weighted by Crippen LogP contribution is 2.32. The van der Waals surface area contributed by atoms with Crippen LogP contribution in [0, 0.1) is 0 Å². The molecule has 0 aromatic carbocycles. The topological polar surface area (TPSA) is 99.5 Å². The molecule has 6 nitrogen and oxygen atoms in total. The molecule has 2 rings (SSSR count). The number of cyclic esters (lactones) is 1. The van der Waals surface area contributed by atoms with E-state index in [1.165, 1.54) is 25.3 Å². The Morgan fingerprint density at radius 3 is 2.23 bits per heavy atom. The van der Waals surface area contributed by atoms with Crippen LogP contribution in [0.5, 0.6) is 0 Å². The molecule has 172 valence electrons. The second kappa shape index (κ2) is 14.0. The Hall–Kier alpha value is -1.21. The summed E-state index contributed by atoms with van der Waals surface area (Å²) < 4.78 is 10.7. The first-order valence-electron chi connectivity index (χ1n) is 11.7. The van der Waals surface area contributed by atoms with Crippen molar-refractivity contribution in [2.45, 2.75) is 121 Å². The van der Waals surface area contributed by atoms with E-state index >= 15 is 0 Å². The summed E-state index contributed by atoms with van der Waals surface area (Å²) in [5, 5.41) is 30.7. The van der Waals surface area contributed by atoms with Crippen LogP contribution in [0.3, 0.4) is 0 Å². The van der Waals surface area contributed by atoms with E-state index in [1.807, 2.05) is 6.92 Å². The minimum absolute atomic E-state index is 0.140. The Labute approximate surface area is 181 Å². The number of esters is 1. The molecular formula is C24H40O6. The van der Waals surface area contributed by atoms with Crippen LogP contribution in [-0.4, -0.2) is 57.9 Å². The molecule has 0 aliphatic carbocycles. The van der Waals surface area contributed by atoms with Crippen molar-refractivity contribution in [3.8, 4) is 0 Å². The van der Waals surface area contributed by atoms with Crippen molar-refractivity contribution in [1.29, 1.82) is 0 Å². The molecule has 3 N–H and O–H groups in total. The Morgan fingerprint density at radius 1 is 0.800 bits per heavy atom. The lowest BCUT2D eigenvalue weighted by atomic mass is 9.99. The second-order valence-electron chi connectivity index (χ2n) is 8.68. The number of fused-ring (bicyclic) bond motifs is 1. The minimum atomic E-state index is -0.989. The van der Waals surface area contributed by atoms with E-state index in [1.54, 1.807) is 6.08 Å². The molecule has 30 heavy (non-hydrogen) atoms. The van der Waals surface area contributed by atoms with Gasteiger partial charge in [0.05, 0.1) is 18.3 Å². The van der Waals surface area contributed by atoms with Gasteiger partial charge in [0.2, 0.25) is 0 Å². The summed E-state index contributed by atoms with van der Waals surface area (Å²) in [4.78, 5) is 11.9. The van der Waals surface area contributed by atoms with Crippen LogP contribution in [-0.2, 0) is 14.3 Å². The van der Waals surface area contributed by atoms with Crippen molar-refractivity contribution in [2.75, 3.05) is 0 Å². The molecule has 1 fully saturated rings. The van der Waals surface area contributed by atoms with Crippen LogP contribution in [0.2, 0.25) is 0 Å². The molecule has 6 heteroatoms. The van der Waals surface area contributed by atoms with E-state index in [-0.39, 0.29) is 12.5 Å². The minimum Gasteiger partial charge on any atom is -0.460 e. The van der Waals surface area contributed by atoms with Crippen LogP contribution in [0.25, 0.3) is 0 Å². The number of hydrogen-bond donors (Lipinski definition) is 3. The first-order valence-corrected chi connectivity index (χ1v) is 11.7. The van der Waals surface area contributed by atoms with Gasteiger partial charge in [-0.3, -0.25) is 0 Å². The highest BCUT2D eigenvalue weighted by Gasteiger charge is 2.50. The summed E-state index contributed by atoms with van der Waals surface area (Å²) in [7, 11) is 0. The lowest BCUT2D eigenvalue weighted by molar-refractivity contribution is -0.142. The molecule has 1 saturated heterocycles. The maximum absolute atomic E-state index is 11.9. The van der Waals surface area contributed by atoms with Crippen molar-refractivity contribution in [1.82, 2.24) is 0 Å². The van der Waals surface area contributed by atoms with Crippen molar-refractivity contribution in [2.24, 2.45) is 0 Å². The van der Waals surface area contributed by atoms with Gasteiger partial charge >= 0.3 is 5.97 Å². The average molecular weight is 425 g/mol. The lowest BCUT2D eigenvalue weighted by Crippen LogP contribution is -2.34. The molecule has 0 unspecified atom stereocenters. The predicted octanol–water partition coefficient (Wildman–Crippen LogP) is 3.58. The Kier molecular flexibility index (Phi) is 11.7. The highest BCUT2D eigenvalue weighted by molar-refractivity contribution is 5.82. The maximum atomic E-state index is 11.9. The fraction of sp³-hybridized carbons (Fsp3) is 0.792. The van der Waals surface area contributed by atoms with Crippen LogP contribution < -0.4 is 0 Å². The van der Waals surface area contributed by atoms with Crippen molar-refractivity contribution < 1.29 is 29.6 Å². The molecule has 2 aliphatic heterocycles. The van der Waals surface area contributed by atoms with Crippen LogP contribution in [0.1, 0.15) is 84.0 Å². The number of allylic oxidation sites excluding steroid dienone is 2. The third-order valence-corrected chi connectivity index (χ3v) is 5.89. The summed E-state index contributed by atoms with van der Waals surface area (Å²) in [6, 6.07) is 0. The number of ether oxygens (including phenoxy) is 2. The van der Waals surface area contributed by atoms with Crippen molar-refractivity contribution in [3.05, 3.63) is 24.3 Å². The number of aliphatic hydroxyl groups is 3. The molecule has 0 amide bonds. The van der Waals surface area contributed by atoms with Gasteiger partial charge in [-0.05, 0) is 51.9 Å². The molecular weight excluding hydrogens is 384 g/mol. The molecule has 0 bridgehead atoms. The summed E-state index contributed by atoms with van der Waals surface area (Å²) in [5.41, 5.74) is 0. The fourth-order valence-corrected chi connectivity index (χ4v) is 3.93. The van der Waals surface area contributed by atoms with Gasteiger partial charge in [0.25, 0.3) is 0 Å². The standard InChI is InChI=1S/C24H40O6/c1-18-14-11-9-7-5-3-2-4-6-8-10-12-15-19(25)22(28)24-23(30-24)20(26)16-13-17-21(27)29-18/h5,7,13,17-20,22-26,28H,2-4,6,8-12,14-16H2,1H3/b7-5+,17-13+/t18-,19-,20+,22+,23+,24-/m1/s1. The zero-order chi connectivity index (χ0) is 21.8. The van der Waals surface area contributed by atoms with Crippen LogP contribution in [0.4, 0.5) is 0 Å². The van der Waals surface area contributed by atoms with Gasteiger partial charge in [0.1, 0.15) is 18.3 Å². The Balaban J connectivity index is 1.82. The normalized spacial score (nSPS) is 38.5. The Bertz CT molecular complexity index is 546. The first kappa shape index (κ1) is 25.1. The molecule has 6 atom stereocenters. The summed E-state index contributed by atoms with van der Waals surface area (Å²) in [5.74, 6) is -0.413. The Morgan fingerprint density at radius 2 is 1.47 bits per heavy atom. The number of aliphatic hydroxyl groups excluding tert-OH is 3. The van der Waals surface area contributed by atoms with Crippen LogP contribution in [0.15, 0.2) is 24.3 Å². The monoisotopic (exact) mass is 424 g/mol. The van der Waals surface area contributed by atoms with E-state index in [9.17, 15) is 20.1 Å². The number of carbonyl (C=O) groups excluding carboxylic acids is 1. The van der Waals surface area contributed by atoms with E-state index in [0.29, 0.717) is 6.42 Å². The molecule has 0 spiro atoms. The SMILES string of the molecule is C[C@@H]1CCC/C=C/CCCCCCCC[C@@H](O)[C@H](O)[C@H]2O[C@H]2[C@@H](O)C/C=C/C(=O)O1. The van der Waals surface area contributed by atoms with Gasteiger partial charge in [-0.1, -0.05) is 50.3 Å². The second-order valence-corrected chi connectivity index (χ2v) is 8.68. The third-order valence-electron chi connectivity index (χ3n) is 5.89. The van der Waals surface area contributed by atoms with Crippen LogP contribution >= 0.6 is 0 Å². The maximum Gasteiger partial charge on any atom is 0.330 e. The van der Waals surface area contributed by atoms with E-state index in [0.717, 1.165) is 44.9 Å². The summed E-state index contributed by atoms with van der Waals surface area (Å²) in [6.07, 6.45) is 14.9. The quantitative estimate of drug-likeness (QED) is 0.312. The number of epoxide rings is 1. The first-order chi connectivity index (χ1) is 14.5. The van der Waals surface area contributed by atoms with Gasteiger partial charge < -0.3 is 24.8 Å². The van der Waals surface area contributed by atoms with Gasteiger partial charge in [0.15, 0.2) is 0 Å². The molecule has 2 heterocycles. The molecule has 0 aromatic rings. The van der Waals surface area contributed by atoms with E-state index in [2.05, 4.69) is 12.2 Å². The lowest BCUT2D eigenvalue weighted by Gasteiger charge is -2.16. The van der Waals surface area contributed by atoms with Gasteiger partial charge in [0, 0.05) is 6.08 Å². The summed E-state index contributed by atoms with van der Waals surface area (Å²) in [6.45, 7) is 1.89. The summed E-state index contributed by atoms with van der Waals surface area (Å²) >= 11 is 0. The van der Waals surface area contributed by atoms with E-state index in [4.69, 9.17) is 9.47 Å². The van der Waals surface area contributed by atoms with Gasteiger partial charge in [-0.25, -0.2) is 4.79 Å². The molecule has 0 aromatic heterocycles. The molecule has 2 aliphatic rings. The van der Waals surface area contributed by atoms with Gasteiger partial charge in [-0.15, -0.1) is 0 Å². The average Bonchev–Trinajstić information content (AvgIpc) is 3.50. The number of rotatable bonds is 0. The zero-order valence-electron chi connectivity index (χ0n) is 18.3. The van der Waals surface area contributed by atoms with Gasteiger partial charge in [-0.2, -0.15) is 0 Å². The molecule has 0 radical (unpaired) electrons. The van der Waals surface area contributed by atoms with Crippen molar-refractivity contribution in [3.63, 3.8) is 0 Å².